The molecular formula is C31H31F7N4O3. The Balaban J connectivity index is 1.62. The molecule has 1 aliphatic heterocycles. The summed E-state index contributed by atoms with van der Waals surface area (Å²) in [5.74, 6) is -0.208. The number of methoxy groups -OCH3 is 1. The molecule has 45 heavy (non-hydrogen) atoms. The highest BCUT2D eigenvalue weighted by Gasteiger charge is 2.59. The Labute approximate surface area is 255 Å². The van der Waals surface area contributed by atoms with Crippen LogP contribution < -0.4 is 9.64 Å². The van der Waals surface area contributed by atoms with Gasteiger partial charge < -0.3 is 14.4 Å². The molecule has 7 nitrogen and oxygen atoms in total. The minimum absolute atomic E-state index is 0.0446. The molecule has 5 rings (SSSR count). The highest BCUT2D eigenvalue weighted by Crippen LogP contribution is 2.55. The van der Waals surface area contributed by atoms with E-state index in [0.29, 0.717) is 40.9 Å². The van der Waals surface area contributed by atoms with E-state index >= 15 is 0 Å². The molecule has 14 heteroatoms. The van der Waals surface area contributed by atoms with Crippen LogP contribution in [0.2, 0.25) is 0 Å². The molecule has 0 N–H and O–H groups in total. The minimum Gasteiger partial charge on any atom is -0.496 e. The number of hydrogen-bond acceptors (Lipinski definition) is 6. The third-order valence-electron chi connectivity index (χ3n) is 8.39. The van der Waals surface area contributed by atoms with Gasteiger partial charge in [-0.2, -0.15) is 26.3 Å². The van der Waals surface area contributed by atoms with Crippen LogP contribution in [0.15, 0.2) is 36.5 Å². The van der Waals surface area contributed by atoms with Gasteiger partial charge in [0.15, 0.2) is 6.10 Å². The monoisotopic (exact) mass is 640 g/mol. The van der Waals surface area contributed by atoms with Gasteiger partial charge in [0.05, 0.1) is 36.0 Å². The van der Waals surface area contributed by atoms with Crippen molar-refractivity contribution in [3.63, 3.8) is 0 Å². The van der Waals surface area contributed by atoms with E-state index in [-0.39, 0.29) is 43.1 Å². The highest BCUT2D eigenvalue weighted by molar-refractivity contribution is 5.76. The number of rotatable bonds is 7. The van der Waals surface area contributed by atoms with Gasteiger partial charge in [-0.3, -0.25) is 4.90 Å². The van der Waals surface area contributed by atoms with Crippen molar-refractivity contribution in [1.82, 2.24) is 14.9 Å². The molecule has 1 amide bonds. The first kappa shape index (κ1) is 32.3. The first-order valence-electron chi connectivity index (χ1n) is 14.1. The number of aromatic nitrogens is 2. The van der Waals surface area contributed by atoms with E-state index < -0.39 is 52.6 Å². The Morgan fingerprint density at radius 1 is 1.02 bits per heavy atom. The first-order chi connectivity index (χ1) is 21.0. The maximum Gasteiger partial charge on any atom is 0.416 e. The number of hydrogen-bond donors (Lipinski definition) is 0. The van der Waals surface area contributed by atoms with Gasteiger partial charge in [-0.15, -0.1) is 0 Å². The summed E-state index contributed by atoms with van der Waals surface area (Å²) in [5, 5.41) is 0. The van der Waals surface area contributed by atoms with Crippen LogP contribution in [0.1, 0.15) is 73.1 Å². The normalized spacial score (nSPS) is 17.9. The van der Waals surface area contributed by atoms with Crippen molar-refractivity contribution >= 4 is 12.0 Å². The van der Waals surface area contributed by atoms with Gasteiger partial charge in [0.1, 0.15) is 11.6 Å². The lowest BCUT2D eigenvalue weighted by Crippen LogP contribution is -2.53. The van der Waals surface area contributed by atoms with Crippen LogP contribution in [-0.2, 0) is 23.6 Å². The summed E-state index contributed by atoms with van der Waals surface area (Å²) in [4.78, 5) is 25.4. The zero-order chi connectivity index (χ0) is 33.1. The maximum atomic E-state index is 14.9. The van der Waals surface area contributed by atoms with Gasteiger partial charge in [0.25, 0.3) is 0 Å². The third-order valence-corrected chi connectivity index (χ3v) is 8.39. The Morgan fingerprint density at radius 3 is 2.13 bits per heavy atom. The highest BCUT2D eigenvalue weighted by atomic mass is 19.4. The molecule has 2 aliphatic rings. The number of nitrogens with zero attached hydrogens (tertiary/aromatic N) is 4. The molecule has 1 saturated heterocycles. The largest absolute Gasteiger partial charge is 0.496 e. The van der Waals surface area contributed by atoms with E-state index in [1.807, 2.05) is 13.8 Å². The number of ether oxygens (including phenoxy) is 2. The molecular weight excluding hydrogens is 609 g/mol. The van der Waals surface area contributed by atoms with Gasteiger partial charge in [0.2, 0.25) is 5.95 Å². The van der Waals surface area contributed by atoms with Crippen molar-refractivity contribution in [2.75, 3.05) is 26.1 Å². The van der Waals surface area contributed by atoms with E-state index in [2.05, 4.69) is 9.97 Å². The molecule has 2 heterocycles. The zero-order valence-electron chi connectivity index (χ0n) is 25.1. The third kappa shape index (κ3) is 5.86. The Kier molecular flexibility index (Phi) is 8.15. The van der Waals surface area contributed by atoms with Crippen molar-refractivity contribution in [1.29, 1.82) is 0 Å². The molecule has 0 radical (unpaired) electrons. The molecule has 2 fully saturated rings. The van der Waals surface area contributed by atoms with Crippen molar-refractivity contribution in [2.24, 2.45) is 0 Å². The predicted octanol–water partition coefficient (Wildman–Crippen LogP) is 8.13. The zero-order valence-corrected chi connectivity index (χ0v) is 25.1. The van der Waals surface area contributed by atoms with Crippen molar-refractivity contribution < 1.29 is 45.0 Å². The molecule has 1 unspecified atom stereocenters. The van der Waals surface area contributed by atoms with Crippen LogP contribution in [0, 0.1) is 5.82 Å². The summed E-state index contributed by atoms with van der Waals surface area (Å²) >= 11 is 0. The number of benzene rings is 2. The topological polar surface area (TPSA) is 67.8 Å². The summed E-state index contributed by atoms with van der Waals surface area (Å²) in [5.41, 5.74) is -3.05. The average molecular weight is 641 g/mol. The number of carbonyl (C=O) groups is 1. The molecule has 0 bridgehead atoms. The van der Waals surface area contributed by atoms with E-state index in [9.17, 15) is 35.5 Å². The van der Waals surface area contributed by atoms with E-state index in [0.717, 1.165) is 0 Å². The number of halogens is 7. The lowest BCUT2D eigenvalue weighted by Gasteiger charge is -2.46. The summed E-state index contributed by atoms with van der Waals surface area (Å²) in [6, 6.07) is 4.11. The van der Waals surface area contributed by atoms with E-state index in [1.54, 1.807) is 25.1 Å². The van der Waals surface area contributed by atoms with Crippen molar-refractivity contribution in [3.05, 3.63) is 70.3 Å². The molecule has 1 saturated carbocycles. The van der Waals surface area contributed by atoms with Crippen molar-refractivity contribution in [3.8, 4) is 16.9 Å². The quantitative estimate of drug-likeness (QED) is 0.243. The number of carbonyl (C=O) groups excluding carboxylic acids is 1. The van der Waals surface area contributed by atoms with Crippen LogP contribution in [-0.4, -0.2) is 47.7 Å². The van der Waals surface area contributed by atoms with Crippen molar-refractivity contribution in [2.45, 2.75) is 69.6 Å². The van der Waals surface area contributed by atoms with Gasteiger partial charge in [-0.25, -0.2) is 19.2 Å². The predicted molar refractivity (Wildman–Crippen MR) is 150 cm³/mol. The molecule has 242 valence electrons. The first-order valence-corrected chi connectivity index (χ1v) is 14.1. The summed E-state index contributed by atoms with van der Waals surface area (Å²) in [6.07, 6.45) is -9.80. The summed E-state index contributed by atoms with van der Waals surface area (Å²) in [6.45, 7) is 3.43. The average Bonchev–Trinajstić information content (AvgIpc) is 3.23. The molecule has 1 aliphatic carbocycles. The summed E-state index contributed by atoms with van der Waals surface area (Å²) < 4.78 is 108. The fourth-order valence-electron chi connectivity index (χ4n) is 5.91. The van der Waals surface area contributed by atoms with Gasteiger partial charge in [0, 0.05) is 37.5 Å². The molecule has 1 spiro atoms. The van der Waals surface area contributed by atoms with E-state index in [1.165, 1.54) is 24.3 Å². The fourth-order valence-corrected chi connectivity index (χ4v) is 5.91. The second-order valence-corrected chi connectivity index (χ2v) is 11.8. The van der Waals surface area contributed by atoms with Crippen LogP contribution in [0.25, 0.3) is 11.1 Å². The second-order valence-electron chi connectivity index (χ2n) is 11.8. The van der Waals surface area contributed by atoms with Crippen LogP contribution in [0.5, 0.6) is 5.75 Å². The van der Waals surface area contributed by atoms with Gasteiger partial charge in [-0.05, 0) is 60.6 Å². The molecule has 1 aromatic heterocycles. The molecule has 2 aromatic carbocycles. The second kappa shape index (κ2) is 11.4. The standard InChI is InChI=1S/C31H31F7N4O3/c1-16(2)20-12-21(25(44-5)13-23(20)32)22-14-39-27(41(3)4)40-24(22)15-42-28(43)45-26(29(42)7-6-8-29)17-9-18(30(33,34)35)11-19(10-17)31(36,37)38/h9-14,16,26H,6-8,15H2,1-5H3. The Hall–Kier alpha value is -4.10. The lowest BCUT2D eigenvalue weighted by molar-refractivity contribution is -0.143. The number of amides is 1. The smallest absolute Gasteiger partial charge is 0.416 e. The van der Waals surface area contributed by atoms with Crippen LogP contribution >= 0.6 is 0 Å². The number of alkyl halides is 6. The van der Waals surface area contributed by atoms with Gasteiger partial charge in [-0.1, -0.05) is 13.8 Å². The molecule has 1 atom stereocenters. The maximum absolute atomic E-state index is 14.9. The van der Waals surface area contributed by atoms with E-state index in [4.69, 9.17) is 9.47 Å². The number of cyclic esters (lactones) is 1. The number of anilines is 1. The van der Waals surface area contributed by atoms with Crippen LogP contribution in [0.4, 0.5) is 41.5 Å². The van der Waals surface area contributed by atoms with Gasteiger partial charge >= 0.3 is 18.4 Å². The minimum atomic E-state index is -5.06. The van der Waals surface area contributed by atoms with Crippen LogP contribution in [0.3, 0.4) is 0 Å². The SMILES string of the molecule is COc1cc(F)c(C(C)C)cc1-c1cnc(N(C)C)nc1CN1C(=O)OC(c2cc(C(F)(F)F)cc(C(F)(F)F)c2)C12CCC2. The fraction of sp³-hybridized carbons (Fsp3) is 0.452. The summed E-state index contributed by atoms with van der Waals surface area (Å²) in [7, 11) is 4.78. The lowest BCUT2D eigenvalue weighted by atomic mass is 9.70. The Bertz CT molecular complexity index is 1590. The molecule has 3 aromatic rings. The Morgan fingerprint density at radius 2 is 1.64 bits per heavy atom.